The first kappa shape index (κ1) is 15.8. The highest BCUT2D eigenvalue weighted by Crippen LogP contribution is 2.27. The SMILES string of the molecule is CC1CCC(N(C)C(=O)[C@@H]2CCCNC2)CC1.Cl. The Hall–Kier alpha value is -0.280. The van der Waals surface area contributed by atoms with Gasteiger partial charge in [-0.05, 0) is 51.0 Å². The molecule has 0 bridgehead atoms. The Kier molecular flexibility index (Phi) is 6.44. The first-order chi connectivity index (χ1) is 8.18. The van der Waals surface area contributed by atoms with Crippen LogP contribution in [0, 0.1) is 11.8 Å². The van der Waals surface area contributed by atoms with Crippen LogP contribution in [0.3, 0.4) is 0 Å². The largest absolute Gasteiger partial charge is 0.342 e. The number of carbonyl (C=O) groups excluding carboxylic acids is 1. The zero-order chi connectivity index (χ0) is 12.3. The van der Waals surface area contributed by atoms with Crippen molar-refractivity contribution in [3.8, 4) is 0 Å². The van der Waals surface area contributed by atoms with Gasteiger partial charge in [0.15, 0.2) is 0 Å². The second kappa shape index (κ2) is 7.34. The van der Waals surface area contributed by atoms with E-state index < -0.39 is 0 Å². The molecule has 1 aliphatic carbocycles. The van der Waals surface area contributed by atoms with Crippen molar-refractivity contribution in [1.29, 1.82) is 0 Å². The highest BCUT2D eigenvalue weighted by molar-refractivity contribution is 5.85. The third-order valence-electron chi connectivity index (χ3n) is 4.53. The molecule has 0 aromatic carbocycles. The van der Waals surface area contributed by atoms with E-state index in [1.54, 1.807) is 0 Å². The smallest absolute Gasteiger partial charge is 0.226 e. The van der Waals surface area contributed by atoms with Crippen LogP contribution < -0.4 is 5.32 Å². The van der Waals surface area contributed by atoms with Crippen LogP contribution in [0.4, 0.5) is 0 Å². The molecule has 3 nitrogen and oxygen atoms in total. The molecule has 2 aliphatic rings. The number of carbonyl (C=O) groups is 1. The molecule has 1 atom stereocenters. The minimum atomic E-state index is 0. The van der Waals surface area contributed by atoms with Gasteiger partial charge in [0.05, 0.1) is 5.92 Å². The Bertz CT molecular complexity index is 259. The predicted octanol–water partition coefficient (Wildman–Crippen LogP) is 2.44. The monoisotopic (exact) mass is 274 g/mol. The number of hydrogen-bond acceptors (Lipinski definition) is 2. The van der Waals surface area contributed by atoms with Gasteiger partial charge in [0.1, 0.15) is 0 Å². The molecular formula is C14H27ClN2O. The van der Waals surface area contributed by atoms with Crippen molar-refractivity contribution >= 4 is 18.3 Å². The normalized spacial score (nSPS) is 32.4. The van der Waals surface area contributed by atoms with Gasteiger partial charge in [0.2, 0.25) is 5.91 Å². The molecule has 0 aromatic heterocycles. The fraction of sp³-hybridized carbons (Fsp3) is 0.929. The number of nitrogens with one attached hydrogen (secondary N) is 1. The summed E-state index contributed by atoms with van der Waals surface area (Å²) in [4.78, 5) is 14.4. The van der Waals surface area contributed by atoms with Crippen LogP contribution in [0.15, 0.2) is 0 Å². The third-order valence-corrected chi connectivity index (χ3v) is 4.53. The second-order valence-corrected chi connectivity index (χ2v) is 5.91. The van der Waals surface area contributed by atoms with Crippen molar-refractivity contribution in [2.45, 2.75) is 51.5 Å². The number of halogens is 1. The Balaban J connectivity index is 0.00000162. The van der Waals surface area contributed by atoms with Crippen LogP contribution in [0.1, 0.15) is 45.4 Å². The van der Waals surface area contributed by atoms with Gasteiger partial charge >= 0.3 is 0 Å². The fourth-order valence-corrected chi connectivity index (χ4v) is 3.16. The van der Waals surface area contributed by atoms with Gasteiger partial charge < -0.3 is 10.2 Å². The molecule has 1 amide bonds. The van der Waals surface area contributed by atoms with Crippen LogP contribution in [0.2, 0.25) is 0 Å². The van der Waals surface area contributed by atoms with Crippen molar-refractivity contribution in [2.75, 3.05) is 20.1 Å². The predicted molar refractivity (Wildman–Crippen MR) is 77.0 cm³/mol. The van der Waals surface area contributed by atoms with Gasteiger partial charge in [-0.15, -0.1) is 12.4 Å². The van der Waals surface area contributed by atoms with Crippen molar-refractivity contribution in [1.82, 2.24) is 10.2 Å². The first-order valence-electron chi connectivity index (χ1n) is 7.16. The summed E-state index contributed by atoms with van der Waals surface area (Å²) in [5.74, 6) is 1.45. The van der Waals surface area contributed by atoms with Crippen LogP contribution in [-0.4, -0.2) is 37.0 Å². The average molecular weight is 275 g/mol. The maximum atomic E-state index is 12.4. The van der Waals surface area contributed by atoms with Gasteiger partial charge in [-0.25, -0.2) is 0 Å². The van der Waals surface area contributed by atoms with Gasteiger partial charge in [0.25, 0.3) is 0 Å². The van der Waals surface area contributed by atoms with Gasteiger partial charge in [-0.1, -0.05) is 6.92 Å². The lowest BCUT2D eigenvalue weighted by molar-refractivity contribution is -0.137. The maximum Gasteiger partial charge on any atom is 0.226 e. The molecule has 4 heteroatoms. The van der Waals surface area contributed by atoms with E-state index in [-0.39, 0.29) is 18.3 Å². The molecule has 0 spiro atoms. The van der Waals surface area contributed by atoms with Gasteiger partial charge in [-0.3, -0.25) is 4.79 Å². The zero-order valence-corrected chi connectivity index (χ0v) is 12.5. The molecule has 1 heterocycles. The van der Waals surface area contributed by atoms with E-state index in [1.165, 1.54) is 25.7 Å². The van der Waals surface area contributed by atoms with Crippen molar-refractivity contribution in [2.24, 2.45) is 11.8 Å². The molecule has 0 radical (unpaired) electrons. The van der Waals surface area contributed by atoms with Crippen LogP contribution in [-0.2, 0) is 4.79 Å². The van der Waals surface area contributed by atoms with E-state index in [2.05, 4.69) is 12.2 Å². The lowest BCUT2D eigenvalue weighted by Crippen LogP contribution is -2.46. The molecule has 1 saturated heterocycles. The summed E-state index contributed by atoms with van der Waals surface area (Å²) in [7, 11) is 2.01. The molecule has 1 N–H and O–H groups in total. The lowest BCUT2D eigenvalue weighted by atomic mass is 9.86. The molecule has 18 heavy (non-hydrogen) atoms. The molecule has 1 saturated carbocycles. The van der Waals surface area contributed by atoms with Crippen molar-refractivity contribution in [3.63, 3.8) is 0 Å². The first-order valence-corrected chi connectivity index (χ1v) is 7.16. The molecule has 106 valence electrons. The van der Waals surface area contributed by atoms with Crippen LogP contribution in [0.5, 0.6) is 0 Å². The van der Waals surface area contributed by atoms with E-state index in [1.807, 2.05) is 11.9 Å². The highest BCUT2D eigenvalue weighted by atomic mass is 35.5. The molecular weight excluding hydrogens is 248 g/mol. The van der Waals surface area contributed by atoms with Gasteiger partial charge in [-0.2, -0.15) is 0 Å². The summed E-state index contributed by atoms with van der Waals surface area (Å²) in [6, 6.07) is 0.501. The number of piperidine rings is 1. The van der Waals surface area contributed by atoms with E-state index in [0.29, 0.717) is 11.9 Å². The molecule has 1 aliphatic heterocycles. The fourth-order valence-electron chi connectivity index (χ4n) is 3.16. The lowest BCUT2D eigenvalue weighted by Gasteiger charge is -2.36. The number of nitrogens with zero attached hydrogens (tertiary/aromatic N) is 1. The maximum absolute atomic E-state index is 12.4. The zero-order valence-electron chi connectivity index (χ0n) is 11.7. The topological polar surface area (TPSA) is 32.3 Å². The van der Waals surface area contributed by atoms with E-state index in [0.717, 1.165) is 31.8 Å². The summed E-state index contributed by atoms with van der Waals surface area (Å²) >= 11 is 0. The minimum absolute atomic E-state index is 0. The van der Waals surface area contributed by atoms with Crippen molar-refractivity contribution in [3.05, 3.63) is 0 Å². The summed E-state index contributed by atoms with van der Waals surface area (Å²) in [5, 5.41) is 3.33. The highest BCUT2D eigenvalue weighted by Gasteiger charge is 2.29. The average Bonchev–Trinajstić information content (AvgIpc) is 2.39. The summed E-state index contributed by atoms with van der Waals surface area (Å²) in [6.07, 6.45) is 7.18. The Morgan fingerprint density at radius 3 is 2.39 bits per heavy atom. The minimum Gasteiger partial charge on any atom is -0.342 e. The standard InChI is InChI=1S/C14H26N2O.ClH/c1-11-5-7-13(8-6-11)16(2)14(17)12-4-3-9-15-10-12;/h11-13,15H,3-10H2,1-2H3;1H/t11?,12-,13?;/m1./s1. The Morgan fingerprint density at radius 2 is 1.83 bits per heavy atom. The second-order valence-electron chi connectivity index (χ2n) is 5.91. The number of hydrogen-bond donors (Lipinski definition) is 1. The summed E-state index contributed by atoms with van der Waals surface area (Å²) in [6.45, 7) is 4.28. The molecule has 2 fully saturated rings. The number of rotatable bonds is 2. The quantitative estimate of drug-likeness (QED) is 0.839. The van der Waals surface area contributed by atoms with Crippen LogP contribution >= 0.6 is 12.4 Å². The van der Waals surface area contributed by atoms with E-state index in [4.69, 9.17) is 0 Å². The van der Waals surface area contributed by atoms with Gasteiger partial charge in [0, 0.05) is 19.6 Å². The van der Waals surface area contributed by atoms with Crippen LogP contribution in [0.25, 0.3) is 0 Å². The third kappa shape index (κ3) is 3.86. The molecule has 0 aromatic rings. The Morgan fingerprint density at radius 1 is 1.17 bits per heavy atom. The molecule has 0 unspecified atom stereocenters. The van der Waals surface area contributed by atoms with E-state index >= 15 is 0 Å². The Labute approximate surface area is 117 Å². The number of amides is 1. The van der Waals surface area contributed by atoms with E-state index in [9.17, 15) is 4.79 Å². The summed E-state index contributed by atoms with van der Waals surface area (Å²) in [5.41, 5.74) is 0. The van der Waals surface area contributed by atoms with Crippen molar-refractivity contribution < 1.29 is 4.79 Å². The summed E-state index contributed by atoms with van der Waals surface area (Å²) < 4.78 is 0. The molecule has 2 rings (SSSR count).